The summed E-state index contributed by atoms with van der Waals surface area (Å²) in [5.74, 6) is -0.0571. The second kappa shape index (κ2) is 4.37. The summed E-state index contributed by atoms with van der Waals surface area (Å²) in [5.41, 5.74) is 3.21. The molecule has 0 aliphatic heterocycles. The third kappa shape index (κ3) is 1.74. The van der Waals surface area contributed by atoms with E-state index in [2.05, 4.69) is 0 Å². The molecule has 0 radical (unpaired) electrons. The summed E-state index contributed by atoms with van der Waals surface area (Å²) < 4.78 is 13.9. The van der Waals surface area contributed by atoms with Crippen LogP contribution in [0.3, 0.4) is 0 Å². The van der Waals surface area contributed by atoms with Crippen molar-refractivity contribution in [2.75, 3.05) is 0 Å². The molecule has 2 aromatic carbocycles. The van der Waals surface area contributed by atoms with Gasteiger partial charge in [0.2, 0.25) is 0 Å². The van der Waals surface area contributed by atoms with Gasteiger partial charge in [0, 0.05) is 17.5 Å². The lowest BCUT2D eigenvalue weighted by atomic mass is 9.85. The average Bonchev–Trinajstić information content (AvgIpc) is 2.40. The van der Waals surface area contributed by atoms with E-state index in [9.17, 15) is 9.18 Å². The predicted molar refractivity (Wildman–Crippen MR) is 69.1 cm³/mol. The van der Waals surface area contributed by atoms with Crippen LogP contribution in [0.5, 0.6) is 0 Å². The van der Waals surface area contributed by atoms with Crippen molar-refractivity contribution < 1.29 is 9.18 Å². The minimum Gasteiger partial charge on any atom is -0.294 e. The summed E-state index contributed by atoms with van der Waals surface area (Å²) >= 11 is 0. The number of carbonyl (C=O) groups excluding carboxylic acids is 1. The van der Waals surface area contributed by atoms with Crippen molar-refractivity contribution in [3.8, 4) is 11.1 Å². The van der Waals surface area contributed by atoms with Crippen molar-refractivity contribution >= 4 is 5.78 Å². The van der Waals surface area contributed by atoms with E-state index < -0.39 is 0 Å². The summed E-state index contributed by atoms with van der Waals surface area (Å²) in [6.45, 7) is 0. The van der Waals surface area contributed by atoms with Crippen LogP contribution in [-0.2, 0) is 6.42 Å². The summed E-state index contributed by atoms with van der Waals surface area (Å²) in [6, 6.07) is 12.3. The monoisotopic (exact) mass is 240 g/mol. The summed E-state index contributed by atoms with van der Waals surface area (Å²) in [5, 5.41) is 0. The summed E-state index contributed by atoms with van der Waals surface area (Å²) in [6.07, 6.45) is 2.32. The van der Waals surface area contributed by atoms with Crippen LogP contribution in [0, 0.1) is 5.82 Å². The quantitative estimate of drug-likeness (QED) is 0.736. The molecule has 90 valence electrons. The Bertz CT molecular complexity index is 616. The molecule has 0 aromatic heterocycles. The van der Waals surface area contributed by atoms with Crippen molar-refractivity contribution in [2.24, 2.45) is 0 Å². The van der Waals surface area contributed by atoms with E-state index in [0.29, 0.717) is 12.0 Å². The van der Waals surface area contributed by atoms with E-state index >= 15 is 0 Å². The molecule has 2 heteroatoms. The first-order valence-electron chi connectivity index (χ1n) is 6.17. The molecule has 0 heterocycles. The minimum atomic E-state index is -0.232. The maximum absolute atomic E-state index is 13.9. The lowest BCUT2D eigenvalue weighted by molar-refractivity contribution is 0.0972. The Hall–Kier alpha value is -1.96. The van der Waals surface area contributed by atoms with Crippen LogP contribution in [0.25, 0.3) is 11.1 Å². The first-order valence-corrected chi connectivity index (χ1v) is 6.17. The molecule has 2 aromatic rings. The molecule has 0 saturated heterocycles. The van der Waals surface area contributed by atoms with Crippen LogP contribution in [0.4, 0.5) is 4.39 Å². The van der Waals surface area contributed by atoms with E-state index in [-0.39, 0.29) is 11.6 Å². The Kier molecular flexibility index (Phi) is 2.71. The zero-order valence-corrected chi connectivity index (χ0v) is 9.95. The molecule has 0 fully saturated rings. The molecular formula is C16H13FO. The van der Waals surface area contributed by atoms with Gasteiger partial charge in [0.05, 0.1) is 0 Å². The SMILES string of the molecule is O=C1CCCc2c1cccc2-c1ccccc1F. The molecule has 0 unspecified atom stereocenters. The maximum Gasteiger partial charge on any atom is 0.163 e. The number of rotatable bonds is 1. The lowest BCUT2D eigenvalue weighted by Gasteiger charge is -2.18. The third-order valence-electron chi connectivity index (χ3n) is 3.47. The van der Waals surface area contributed by atoms with Gasteiger partial charge in [-0.2, -0.15) is 0 Å². The molecule has 1 aliphatic rings. The Morgan fingerprint density at radius 1 is 0.833 bits per heavy atom. The third-order valence-corrected chi connectivity index (χ3v) is 3.47. The molecule has 1 nitrogen and oxygen atoms in total. The Balaban J connectivity index is 2.22. The van der Waals surface area contributed by atoms with Crippen LogP contribution in [-0.4, -0.2) is 5.78 Å². The van der Waals surface area contributed by atoms with Crippen molar-refractivity contribution in [3.05, 3.63) is 59.4 Å². The number of benzene rings is 2. The van der Waals surface area contributed by atoms with Gasteiger partial charge < -0.3 is 0 Å². The molecule has 0 saturated carbocycles. The molecule has 0 N–H and O–H groups in total. The van der Waals surface area contributed by atoms with Gasteiger partial charge in [-0.3, -0.25) is 4.79 Å². The highest BCUT2D eigenvalue weighted by Gasteiger charge is 2.20. The molecule has 0 amide bonds. The standard InChI is InChI=1S/C16H13FO/c17-15-9-2-1-5-13(15)11-6-3-8-14-12(11)7-4-10-16(14)18/h1-3,5-6,8-9H,4,7,10H2. The van der Waals surface area contributed by atoms with E-state index in [1.54, 1.807) is 12.1 Å². The highest BCUT2D eigenvalue weighted by atomic mass is 19.1. The van der Waals surface area contributed by atoms with Gasteiger partial charge in [-0.05, 0) is 30.0 Å². The number of fused-ring (bicyclic) bond motifs is 1. The Labute approximate surface area is 105 Å². The number of ketones is 1. The van der Waals surface area contributed by atoms with Gasteiger partial charge in [-0.1, -0.05) is 36.4 Å². The summed E-state index contributed by atoms with van der Waals surface area (Å²) in [4.78, 5) is 11.9. The molecule has 0 spiro atoms. The van der Waals surface area contributed by atoms with Gasteiger partial charge in [-0.25, -0.2) is 4.39 Å². The van der Waals surface area contributed by atoms with Gasteiger partial charge in [0.25, 0.3) is 0 Å². The minimum absolute atomic E-state index is 0.175. The summed E-state index contributed by atoms with van der Waals surface area (Å²) in [7, 11) is 0. The molecule has 0 atom stereocenters. The van der Waals surface area contributed by atoms with Crippen LogP contribution >= 0.6 is 0 Å². The number of hydrogen-bond donors (Lipinski definition) is 0. The van der Waals surface area contributed by atoms with Crippen LogP contribution in [0.1, 0.15) is 28.8 Å². The number of halogens is 1. The molecule has 18 heavy (non-hydrogen) atoms. The largest absolute Gasteiger partial charge is 0.294 e. The average molecular weight is 240 g/mol. The van der Waals surface area contributed by atoms with Crippen molar-refractivity contribution in [3.63, 3.8) is 0 Å². The van der Waals surface area contributed by atoms with E-state index in [0.717, 1.165) is 29.5 Å². The van der Waals surface area contributed by atoms with Crippen molar-refractivity contribution in [2.45, 2.75) is 19.3 Å². The zero-order valence-electron chi connectivity index (χ0n) is 9.95. The fraction of sp³-hybridized carbons (Fsp3) is 0.188. The highest BCUT2D eigenvalue weighted by molar-refractivity contribution is 6.00. The Morgan fingerprint density at radius 3 is 2.39 bits per heavy atom. The molecule has 1 aliphatic carbocycles. The molecular weight excluding hydrogens is 227 g/mol. The van der Waals surface area contributed by atoms with Crippen LogP contribution in [0.2, 0.25) is 0 Å². The molecule has 3 rings (SSSR count). The zero-order chi connectivity index (χ0) is 12.5. The van der Waals surface area contributed by atoms with Gasteiger partial charge in [-0.15, -0.1) is 0 Å². The van der Waals surface area contributed by atoms with Crippen LogP contribution in [0.15, 0.2) is 42.5 Å². The van der Waals surface area contributed by atoms with E-state index in [1.807, 2.05) is 24.3 Å². The van der Waals surface area contributed by atoms with Crippen molar-refractivity contribution in [1.29, 1.82) is 0 Å². The topological polar surface area (TPSA) is 17.1 Å². The second-order valence-electron chi connectivity index (χ2n) is 4.59. The lowest BCUT2D eigenvalue weighted by Crippen LogP contribution is -2.11. The number of hydrogen-bond acceptors (Lipinski definition) is 1. The first kappa shape index (κ1) is 11.1. The normalized spacial score (nSPS) is 14.4. The first-order chi connectivity index (χ1) is 8.77. The number of Topliss-reactive ketones (excluding diaryl/α,β-unsaturated/α-hetero) is 1. The van der Waals surface area contributed by atoms with E-state index in [4.69, 9.17) is 0 Å². The second-order valence-corrected chi connectivity index (χ2v) is 4.59. The van der Waals surface area contributed by atoms with Gasteiger partial charge in [0.15, 0.2) is 5.78 Å². The van der Waals surface area contributed by atoms with Crippen LogP contribution < -0.4 is 0 Å². The predicted octanol–water partition coefficient (Wildman–Crippen LogP) is 4.01. The van der Waals surface area contributed by atoms with Gasteiger partial charge >= 0.3 is 0 Å². The smallest absolute Gasteiger partial charge is 0.163 e. The van der Waals surface area contributed by atoms with E-state index in [1.165, 1.54) is 6.07 Å². The van der Waals surface area contributed by atoms with Crippen molar-refractivity contribution in [1.82, 2.24) is 0 Å². The maximum atomic E-state index is 13.9. The van der Waals surface area contributed by atoms with Gasteiger partial charge in [0.1, 0.15) is 5.82 Å². The Morgan fingerprint density at radius 2 is 1.56 bits per heavy atom. The fourth-order valence-corrected chi connectivity index (χ4v) is 2.61. The fourth-order valence-electron chi connectivity index (χ4n) is 2.61. The highest BCUT2D eigenvalue weighted by Crippen LogP contribution is 2.32. The number of carbonyl (C=O) groups is 1. The molecule has 0 bridgehead atoms.